The molecule has 0 saturated heterocycles. The zero-order valence-electron chi connectivity index (χ0n) is 14.2. The van der Waals surface area contributed by atoms with E-state index in [1.54, 1.807) is 24.3 Å². The number of unbranched alkanes of at least 4 members (excludes halogenated alkanes) is 1. The van der Waals surface area contributed by atoms with Gasteiger partial charge in [-0.2, -0.15) is 0 Å². The predicted octanol–water partition coefficient (Wildman–Crippen LogP) is 3.86. The maximum Gasteiger partial charge on any atom is 0.304 e. The standard InChI is InChI=1S/C20H24O4S/c21-20(22)15-19(14-8-7-11-17-9-3-1-4-10-17)25(23,24)16-18-12-5-2-6-13-18/h1-6,9-10,12-13,19H,7-8,11,14-16H2,(H,21,22). The smallest absolute Gasteiger partial charge is 0.304 e. The summed E-state index contributed by atoms with van der Waals surface area (Å²) in [5.74, 6) is -1.17. The van der Waals surface area contributed by atoms with Crippen molar-refractivity contribution >= 4 is 15.8 Å². The third-order valence-corrected chi connectivity index (χ3v) is 6.36. The van der Waals surface area contributed by atoms with Crippen molar-refractivity contribution in [2.45, 2.75) is 43.1 Å². The lowest BCUT2D eigenvalue weighted by Crippen LogP contribution is -2.26. The highest BCUT2D eigenvalue weighted by Gasteiger charge is 2.27. The third kappa shape index (κ3) is 6.70. The largest absolute Gasteiger partial charge is 0.481 e. The summed E-state index contributed by atoms with van der Waals surface area (Å²) in [5, 5.41) is 8.25. The summed E-state index contributed by atoms with van der Waals surface area (Å²) < 4.78 is 25.3. The SMILES string of the molecule is O=C(O)CC(CCCCc1ccccc1)S(=O)(=O)Cc1ccccc1. The van der Waals surface area contributed by atoms with Gasteiger partial charge in [0.15, 0.2) is 9.84 Å². The van der Waals surface area contributed by atoms with Crippen molar-refractivity contribution in [1.82, 2.24) is 0 Å². The minimum absolute atomic E-state index is 0.107. The topological polar surface area (TPSA) is 71.4 Å². The fourth-order valence-electron chi connectivity index (χ4n) is 2.87. The Balaban J connectivity index is 1.94. The normalized spacial score (nSPS) is 12.6. The highest BCUT2D eigenvalue weighted by Crippen LogP contribution is 2.20. The van der Waals surface area contributed by atoms with Gasteiger partial charge in [-0.25, -0.2) is 8.42 Å². The van der Waals surface area contributed by atoms with Gasteiger partial charge in [-0.1, -0.05) is 67.1 Å². The summed E-state index contributed by atoms with van der Waals surface area (Å²) in [6.07, 6.45) is 2.47. The van der Waals surface area contributed by atoms with E-state index in [1.807, 2.05) is 36.4 Å². The minimum Gasteiger partial charge on any atom is -0.481 e. The molecule has 0 aliphatic rings. The van der Waals surface area contributed by atoms with E-state index in [9.17, 15) is 13.2 Å². The highest BCUT2D eigenvalue weighted by atomic mass is 32.2. The molecule has 2 aromatic carbocycles. The number of carbonyl (C=O) groups is 1. The number of carboxylic acids is 1. The summed E-state index contributed by atoms with van der Waals surface area (Å²) >= 11 is 0. The van der Waals surface area contributed by atoms with Gasteiger partial charge >= 0.3 is 5.97 Å². The van der Waals surface area contributed by atoms with E-state index in [0.717, 1.165) is 12.8 Å². The summed E-state index contributed by atoms with van der Waals surface area (Å²) in [4.78, 5) is 11.1. The Hall–Kier alpha value is -2.14. The molecule has 0 bridgehead atoms. The fourth-order valence-corrected chi connectivity index (χ4v) is 4.69. The number of carboxylic acid groups (broad SMARTS) is 1. The second-order valence-electron chi connectivity index (χ2n) is 6.24. The van der Waals surface area contributed by atoms with E-state index in [-0.39, 0.29) is 12.2 Å². The molecule has 2 rings (SSSR count). The minimum atomic E-state index is -3.50. The van der Waals surface area contributed by atoms with Crippen LogP contribution in [-0.4, -0.2) is 24.7 Å². The summed E-state index contributed by atoms with van der Waals surface area (Å²) in [6.45, 7) is 0. The van der Waals surface area contributed by atoms with Crippen molar-refractivity contribution in [3.63, 3.8) is 0 Å². The van der Waals surface area contributed by atoms with Crippen LogP contribution in [0.5, 0.6) is 0 Å². The van der Waals surface area contributed by atoms with Gasteiger partial charge < -0.3 is 5.11 Å². The maximum absolute atomic E-state index is 12.6. The van der Waals surface area contributed by atoms with Gasteiger partial charge in [0.2, 0.25) is 0 Å². The number of benzene rings is 2. The van der Waals surface area contributed by atoms with Gasteiger partial charge in [-0.15, -0.1) is 0 Å². The number of rotatable bonds is 10. The number of sulfone groups is 1. The van der Waals surface area contributed by atoms with Crippen molar-refractivity contribution in [3.8, 4) is 0 Å². The molecule has 2 aromatic rings. The number of aliphatic carboxylic acids is 1. The van der Waals surface area contributed by atoms with Crippen molar-refractivity contribution in [2.75, 3.05) is 0 Å². The fraction of sp³-hybridized carbons (Fsp3) is 0.350. The molecule has 0 saturated carbocycles. The second-order valence-corrected chi connectivity index (χ2v) is 8.53. The van der Waals surface area contributed by atoms with E-state index in [4.69, 9.17) is 5.11 Å². The van der Waals surface area contributed by atoms with Crippen LogP contribution in [0.1, 0.15) is 36.8 Å². The molecule has 1 N–H and O–H groups in total. The van der Waals surface area contributed by atoms with Crippen molar-refractivity contribution in [3.05, 3.63) is 71.8 Å². The van der Waals surface area contributed by atoms with Crippen LogP contribution in [0.15, 0.2) is 60.7 Å². The molecule has 25 heavy (non-hydrogen) atoms. The van der Waals surface area contributed by atoms with Crippen LogP contribution in [0.3, 0.4) is 0 Å². The summed E-state index contributed by atoms with van der Waals surface area (Å²) in [7, 11) is -3.50. The van der Waals surface area contributed by atoms with Crippen molar-refractivity contribution < 1.29 is 18.3 Å². The molecular formula is C20H24O4S. The molecule has 134 valence electrons. The Kier molecular flexibility index (Phi) is 7.19. The lowest BCUT2D eigenvalue weighted by atomic mass is 10.1. The Labute approximate surface area is 149 Å². The van der Waals surface area contributed by atoms with E-state index < -0.39 is 21.1 Å². The van der Waals surface area contributed by atoms with Gasteiger partial charge in [0.25, 0.3) is 0 Å². The average Bonchev–Trinajstić information content (AvgIpc) is 2.58. The van der Waals surface area contributed by atoms with Crippen LogP contribution in [0.25, 0.3) is 0 Å². The second kappa shape index (κ2) is 9.37. The third-order valence-electron chi connectivity index (χ3n) is 4.21. The monoisotopic (exact) mass is 360 g/mol. The molecule has 0 aliphatic heterocycles. The molecule has 0 radical (unpaired) electrons. The Morgan fingerprint density at radius 3 is 2.00 bits per heavy atom. The van der Waals surface area contributed by atoms with Gasteiger partial charge in [0.05, 0.1) is 17.4 Å². The molecule has 0 heterocycles. The van der Waals surface area contributed by atoms with Gasteiger partial charge in [0.1, 0.15) is 0 Å². The maximum atomic E-state index is 12.6. The van der Waals surface area contributed by atoms with E-state index in [2.05, 4.69) is 0 Å². The summed E-state index contributed by atoms with van der Waals surface area (Å²) in [5.41, 5.74) is 1.91. The number of aryl methyl sites for hydroxylation is 1. The van der Waals surface area contributed by atoms with Gasteiger partial charge in [-0.3, -0.25) is 4.79 Å². The Morgan fingerprint density at radius 2 is 1.44 bits per heavy atom. The first-order valence-electron chi connectivity index (χ1n) is 8.48. The zero-order chi connectivity index (χ0) is 18.1. The first kappa shape index (κ1) is 19.2. The highest BCUT2D eigenvalue weighted by molar-refractivity contribution is 7.91. The first-order valence-corrected chi connectivity index (χ1v) is 10.2. The van der Waals surface area contributed by atoms with Crippen LogP contribution < -0.4 is 0 Å². The van der Waals surface area contributed by atoms with Crippen LogP contribution in [0, 0.1) is 0 Å². The van der Waals surface area contributed by atoms with Crippen LogP contribution in [0.2, 0.25) is 0 Å². The van der Waals surface area contributed by atoms with Crippen LogP contribution in [-0.2, 0) is 26.8 Å². The lowest BCUT2D eigenvalue weighted by Gasteiger charge is -2.16. The van der Waals surface area contributed by atoms with Gasteiger partial charge in [0, 0.05) is 0 Å². The van der Waals surface area contributed by atoms with E-state index in [1.165, 1.54) is 5.56 Å². The molecule has 0 spiro atoms. The Bertz CT molecular complexity index is 755. The summed E-state index contributed by atoms with van der Waals surface area (Å²) in [6, 6.07) is 18.9. The van der Waals surface area contributed by atoms with Crippen molar-refractivity contribution in [2.24, 2.45) is 0 Å². The van der Waals surface area contributed by atoms with Crippen LogP contribution >= 0.6 is 0 Å². The lowest BCUT2D eigenvalue weighted by molar-refractivity contribution is -0.137. The molecule has 0 aromatic heterocycles. The zero-order valence-corrected chi connectivity index (χ0v) is 15.0. The van der Waals surface area contributed by atoms with E-state index >= 15 is 0 Å². The molecule has 1 unspecified atom stereocenters. The average molecular weight is 360 g/mol. The predicted molar refractivity (Wildman–Crippen MR) is 99.1 cm³/mol. The van der Waals surface area contributed by atoms with Crippen molar-refractivity contribution in [1.29, 1.82) is 0 Å². The first-order chi connectivity index (χ1) is 12.0. The number of hydrogen-bond acceptors (Lipinski definition) is 3. The van der Waals surface area contributed by atoms with Gasteiger partial charge in [-0.05, 0) is 30.4 Å². The molecule has 1 atom stereocenters. The Morgan fingerprint density at radius 1 is 0.880 bits per heavy atom. The molecule has 0 aliphatic carbocycles. The quantitative estimate of drug-likeness (QED) is 0.653. The molecular weight excluding hydrogens is 336 g/mol. The van der Waals surface area contributed by atoms with E-state index in [0.29, 0.717) is 18.4 Å². The molecule has 0 amide bonds. The number of hydrogen-bond donors (Lipinski definition) is 1. The molecule has 4 nitrogen and oxygen atoms in total. The molecule has 5 heteroatoms. The molecule has 0 fully saturated rings. The van der Waals surface area contributed by atoms with Crippen LogP contribution in [0.4, 0.5) is 0 Å².